The Morgan fingerprint density at radius 3 is 2.81 bits per heavy atom. The van der Waals surface area contributed by atoms with Gasteiger partial charge in [0.1, 0.15) is 6.07 Å². The molecule has 1 saturated heterocycles. The van der Waals surface area contributed by atoms with Gasteiger partial charge in [0, 0.05) is 49.7 Å². The van der Waals surface area contributed by atoms with Crippen LogP contribution in [-0.2, 0) is 18.5 Å². The number of H-pyrrole nitrogens is 2. The monoisotopic (exact) mass is 366 g/mol. The Hall–Kier alpha value is -2.10. The summed E-state index contributed by atoms with van der Waals surface area (Å²) in [7, 11) is 0. The van der Waals surface area contributed by atoms with E-state index in [1.165, 1.54) is 30.8 Å². The molecule has 2 aliphatic heterocycles. The van der Waals surface area contributed by atoms with Crippen LogP contribution in [0.5, 0.6) is 0 Å². The van der Waals surface area contributed by atoms with Crippen molar-refractivity contribution in [3.63, 3.8) is 0 Å². The second kappa shape index (κ2) is 7.49. The van der Waals surface area contributed by atoms with Gasteiger partial charge in [-0.2, -0.15) is 5.26 Å². The van der Waals surface area contributed by atoms with E-state index >= 15 is 0 Å². The summed E-state index contributed by atoms with van der Waals surface area (Å²) in [6.45, 7) is 9.57. The minimum Gasteiger partial charge on any atom is -0.360 e. The number of hydrogen-bond acceptors (Lipinski definition) is 4. The minimum atomic E-state index is 0.0999. The van der Waals surface area contributed by atoms with E-state index in [0.29, 0.717) is 0 Å². The smallest absolute Gasteiger partial charge is 0.101 e. The predicted octanol–water partition coefficient (Wildman–Crippen LogP) is 3.07. The van der Waals surface area contributed by atoms with Crippen molar-refractivity contribution in [1.29, 1.82) is 5.26 Å². The van der Waals surface area contributed by atoms with Crippen molar-refractivity contribution in [2.75, 3.05) is 26.2 Å². The number of hydrogen-bond donors (Lipinski definition) is 2. The van der Waals surface area contributed by atoms with E-state index in [1.54, 1.807) is 0 Å². The number of piperidine rings is 1. The fourth-order valence-corrected chi connectivity index (χ4v) is 4.90. The molecule has 27 heavy (non-hydrogen) atoms. The molecule has 144 valence electrons. The maximum Gasteiger partial charge on any atom is 0.101 e. The number of fused-ring (bicyclic) bond motifs is 2. The molecule has 2 aliphatic rings. The number of unbranched alkanes of at least 4 members (excludes halogenated alkanes) is 1. The number of aromatic nitrogens is 3. The third kappa shape index (κ3) is 3.30. The second-order valence-corrected chi connectivity index (χ2v) is 8.07. The van der Waals surface area contributed by atoms with E-state index in [1.807, 2.05) is 19.3 Å². The largest absolute Gasteiger partial charge is 0.360 e. The number of likely N-dealkylation sites (tertiary alicyclic amines) is 1. The fourth-order valence-electron chi connectivity index (χ4n) is 4.90. The van der Waals surface area contributed by atoms with E-state index in [4.69, 9.17) is 4.98 Å². The van der Waals surface area contributed by atoms with E-state index < -0.39 is 0 Å². The van der Waals surface area contributed by atoms with Crippen LogP contribution in [-0.4, -0.2) is 50.9 Å². The number of aryl methyl sites for hydroxylation is 1. The lowest BCUT2D eigenvalue weighted by atomic mass is 9.78. The molecule has 6 heteroatoms. The van der Waals surface area contributed by atoms with Gasteiger partial charge in [0.05, 0.1) is 23.1 Å². The maximum absolute atomic E-state index is 9.18. The number of aromatic amines is 2. The third-order valence-corrected chi connectivity index (χ3v) is 6.45. The van der Waals surface area contributed by atoms with E-state index in [9.17, 15) is 5.26 Å². The molecule has 0 atom stereocenters. The SMILES string of the molecule is CCCCN1CCc2[nH]cnc2C12CCN(Cc1cc(C#N)c(C)[nH]1)CC2. The number of nitriles is 1. The topological polar surface area (TPSA) is 74.7 Å². The quantitative estimate of drug-likeness (QED) is 0.853. The van der Waals surface area contributed by atoms with Crippen LogP contribution in [0, 0.1) is 18.3 Å². The van der Waals surface area contributed by atoms with Gasteiger partial charge in [-0.3, -0.25) is 9.80 Å². The molecule has 4 rings (SSSR count). The molecule has 0 unspecified atom stereocenters. The number of rotatable bonds is 5. The highest BCUT2D eigenvalue weighted by atomic mass is 15.3. The van der Waals surface area contributed by atoms with Gasteiger partial charge in [-0.25, -0.2) is 4.98 Å². The molecule has 0 amide bonds. The van der Waals surface area contributed by atoms with Crippen LogP contribution in [0.15, 0.2) is 12.4 Å². The Bertz CT molecular complexity index is 818. The highest BCUT2D eigenvalue weighted by Gasteiger charge is 2.46. The summed E-state index contributed by atoms with van der Waals surface area (Å²) in [5.74, 6) is 0. The zero-order valence-electron chi connectivity index (χ0n) is 16.5. The molecule has 0 bridgehead atoms. The van der Waals surface area contributed by atoms with Crippen LogP contribution in [0.1, 0.15) is 60.9 Å². The van der Waals surface area contributed by atoms with E-state index in [2.05, 4.69) is 32.8 Å². The first-order valence-corrected chi connectivity index (χ1v) is 10.2. The first-order chi connectivity index (χ1) is 13.2. The first-order valence-electron chi connectivity index (χ1n) is 10.2. The summed E-state index contributed by atoms with van der Waals surface area (Å²) in [6, 6.07) is 4.26. The van der Waals surface area contributed by atoms with Crippen molar-refractivity contribution in [2.24, 2.45) is 0 Å². The van der Waals surface area contributed by atoms with Gasteiger partial charge in [-0.1, -0.05) is 13.3 Å². The highest BCUT2D eigenvalue weighted by Crippen LogP contribution is 2.42. The predicted molar refractivity (Wildman–Crippen MR) is 105 cm³/mol. The van der Waals surface area contributed by atoms with Crippen LogP contribution < -0.4 is 0 Å². The van der Waals surface area contributed by atoms with Crippen LogP contribution in [0.2, 0.25) is 0 Å². The summed E-state index contributed by atoms with van der Waals surface area (Å²) in [5, 5.41) is 9.18. The number of nitrogens with zero attached hydrogens (tertiary/aromatic N) is 4. The number of imidazole rings is 1. The van der Waals surface area contributed by atoms with Crippen molar-refractivity contribution in [1.82, 2.24) is 24.8 Å². The van der Waals surface area contributed by atoms with Crippen LogP contribution in [0.25, 0.3) is 0 Å². The average molecular weight is 367 g/mol. The van der Waals surface area contributed by atoms with Crippen molar-refractivity contribution >= 4 is 0 Å². The summed E-state index contributed by atoms with van der Waals surface area (Å²) in [6.07, 6.45) is 7.71. The summed E-state index contributed by atoms with van der Waals surface area (Å²) in [5.41, 5.74) is 5.62. The van der Waals surface area contributed by atoms with Crippen molar-refractivity contribution < 1.29 is 0 Å². The molecule has 6 nitrogen and oxygen atoms in total. The van der Waals surface area contributed by atoms with Crippen LogP contribution in [0.3, 0.4) is 0 Å². The fraction of sp³-hybridized carbons (Fsp3) is 0.619. The Morgan fingerprint density at radius 2 is 2.11 bits per heavy atom. The zero-order valence-corrected chi connectivity index (χ0v) is 16.5. The van der Waals surface area contributed by atoms with Gasteiger partial charge in [-0.15, -0.1) is 0 Å². The molecule has 4 heterocycles. The molecule has 0 radical (unpaired) electrons. The van der Waals surface area contributed by atoms with Gasteiger partial charge >= 0.3 is 0 Å². The molecule has 0 aromatic carbocycles. The van der Waals surface area contributed by atoms with Crippen LogP contribution >= 0.6 is 0 Å². The second-order valence-electron chi connectivity index (χ2n) is 8.07. The Balaban J connectivity index is 1.49. The summed E-state index contributed by atoms with van der Waals surface area (Å²) in [4.78, 5) is 16.7. The molecule has 2 aromatic rings. The Morgan fingerprint density at radius 1 is 1.30 bits per heavy atom. The van der Waals surface area contributed by atoms with E-state index in [-0.39, 0.29) is 5.54 Å². The Kier molecular flexibility index (Phi) is 5.07. The molecule has 0 aliphatic carbocycles. The normalized spacial score (nSPS) is 19.9. The van der Waals surface area contributed by atoms with Gasteiger partial charge in [0.25, 0.3) is 0 Å². The lowest BCUT2D eigenvalue weighted by molar-refractivity contribution is 0.00240. The van der Waals surface area contributed by atoms with Gasteiger partial charge in [-0.05, 0) is 38.8 Å². The molecule has 2 aromatic heterocycles. The molecular weight excluding hydrogens is 336 g/mol. The maximum atomic E-state index is 9.18. The molecule has 1 fully saturated rings. The highest BCUT2D eigenvalue weighted by molar-refractivity contribution is 5.36. The summed E-state index contributed by atoms with van der Waals surface area (Å²) >= 11 is 0. The van der Waals surface area contributed by atoms with E-state index in [0.717, 1.165) is 62.4 Å². The molecule has 2 N–H and O–H groups in total. The number of nitrogens with one attached hydrogen (secondary N) is 2. The lowest BCUT2D eigenvalue weighted by Gasteiger charge is -2.50. The minimum absolute atomic E-state index is 0.0999. The van der Waals surface area contributed by atoms with Gasteiger partial charge < -0.3 is 9.97 Å². The zero-order chi connectivity index (χ0) is 18.9. The first kappa shape index (κ1) is 18.3. The summed E-state index contributed by atoms with van der Waals surface area (Å²) < 4.78 is 0. The molecule has 1 spiro atoms. The lowest BCUT2D eigenvalue weighted by Crippen LogP contribution is -2.56. The average Bonchev–Trinajstić information content (AvgIpc) is 3.30. The molecule has 0 saturated carbocycles. The Labute approximate surface area is 161 Å². The van der Waals surface area contributed by atoms with Crippen molar-refractivity contribution in [2.45, 2.75) is 58.0 Å². The standard InChI is InChI=1S/C21H30N6/c1-3-4-8-27-9-5-19-20(24-15-23-19)21(27)6-10-26(11-7-21)14-18-12-17(13-22)16(2)25-18/h12,15,25H,3-11,14H2,1-2H3,(H,23,24). The third-order valence-electron chi connectivity index (χ3n) is 6.45. The van der Waals surface area contributed by atoms with Crippen molar-refractivity contribution in [3.8, 4) is 6.07 Å². The van der Waals surface area contributed by atoms with Crippen molar-refractivity contribution in [3.05, 3.63) is 40.7 Å². The van der Waals surface area contributed by atoms with Gasteiger partial charge in [0.2, 0.25) is 0 Å². The van der Waals surface area contributed by atoms with Gasteiger partial charge in [0.15, 0.2) is 0 Å². The molecular formula is C21H30N6. The van der Waals surface area contributed by atoms with Crippen LogP contribution in [0.4, 0.5) is 0 Å².